The summed E-state index contributed by atoms with van der Waals surface area (Å²) in [6.45, 7) is 5.01. The van der Waals surface area contributed by atoms with Gasteiger partial charge in [-0.15, -0.1) is 21.5 Å². The first kappa shape index (κ1) is 12.5. The minimum absolute atomic E-state index is 0.122. The smallest absolute Gasteiger partial charge is 0.257 e. The predicted octanol–water partition coefficient (Wildman–Crippen LogP) is 3.51. The summed E-state index contributed by atoms with van der Waals surface area (Å²) >= 11 is 7.31. The summed E-state index contributed by atoms with van der Waals surface area (Å²) in [7, 11) is 0. The molecule has 17 heavy (non-hydrogen) atoms. The van der Waals surface area contributed by atoms with E-state index in [9.17, 15) is 0 Å². The van der Waals surface area contributed by atoms with Crippen LogP contribution in [-0.2, 0) is 0 Å². The normalized spacial score (nSPS) is 12.9. The van der Waals surface area contributed by atoms with Crippen molar-refractivity contribution in [3.05, 3.63) is 22.4 Å². The molecule has 92 valence electrons. The van der Waals surface area contributed by atoms with Crippen molar-refractivity contribution in [1.82, 2.24) is 15.5 Å². The number of rotatable bonds is 5. The first-order valence-corrected chi connectivity index (χ1v) is 6.76. The third kappa shape index (κ3) is 2.86. The van der Waals surface area contributed by atoms with Gasteiger partial charge in [0.15, 0.2) is 0 Å². The van der Waals surface area contributed by atoms with E-state index in [1.54, 1.807) is 0 Å². The van der Waals surface area contributed by atoms with Gasteiger partial charge in [0.05, 0.1) is 15.3 Å². The highest BCUT2D eigenvalue weighted by atomic mass is 35.5. The highest BCUT2D eigenvalue weighted by Crippen LogP contribution is 2.30. The highest BCUT2D eigenvalue weighted by Gasteiger charge is 2.17. The zero-order valence-corrected chi connectivity index (χ0v) is 11.3. The molecular formula is C11H14ClN3OS. The summed E-state index contributed by atoms with van der Waals surface area (Å²) in [5.41, 5.74) is 0. The minimum Gasteiger partial charge on any atom is -0.418 e. The van der Waals surface area contributed by atoms with Crippen LogP contribution in [0.1, 0.15) is 32.2 Å². The fraction of sp³-hybridized carbons (Fsp3) is 0.455. The molecule has 0 radical (unpaired) electrons. The quantitative estimate of drug-likeness (QED) is 0.904. The Morgan fingerprint density at radius 1 is 1.41 bits per heavy atom. The molecule has 2 aromatic heterocycles. The highest BCUT2D eigenvalue weighted by molar-refractivity contribution is 7.19. The molecule has 2 aromatic rings. The van der Waals surface area contributed by atoms with E-state index < -0.39 is 0 Å². The average molecular weight is 272 g/mol. The van der Waals surface area contributed by atoms with Crippen LogP contribution in [0.3, 0.4) is 0 Å². The number of halogens is 1. The molecule has 0 aliphatic carbocycles. The van der Waals surface area contributed by atoms with Gasteiger partial charge in [0.25, 0.3) is 5.89 Å². The second kappa shape index (κ2) is 5.62. The number of aromatic nitrogens is 2. The fourth-order valence-electron chi connectivity index (χ4n) is 1.56. The van der Waals surface area contributed by atoms with E-state index in [1.165, 1.54) is 11.3 Å². The molecule has 0 spiro atoms. The van der Waals surface area contributed by atoms with Crippen molar-refractivity contribution in [1.29, 1.82) is 0 Å². The van der Waals surface area contributed by atoms with Crippen LogP contribution >= 0.6 is 22.9 Å². The van der Waals surface area contributed by atoms with Crippen LogP contribution in [-0.4, -0.2) is 16.7 Å². The Hall–Kier alpha value is -0.910. The van der Waals surface area contributed by atoms with Gasteiger partial charge >= 0.3 is 0 Å². The van der Waals surface area contributed by atoms with Gasteiger partial charge in [0.2, 0.25) is 5.89 Å². The SMILES string of the molecule is CCNC(CC)c1nnc(-c2ccc(Cl)s2)o1. The Labute approximate surface area is 109 Å². The summed E-state index contributed by atoms with van der Waals surface area (Å²) in [6, 6.07) is 3.84. The van der Waals surface area contributed by atoms with Crippen LogP contribution in [0, 0.1) is 0 Å². The average Bonchev–Trinajstić information content (AvgIpc) is 2.94. The molecule has 1 N–H and O–H groups in total. The standard InChI is InChI=1S/C11H14ClN3OS/c1-3-7(13-4-2)10-14-15-11(16-10)8-5-6-9(12)17-8/h5-7,13H,3-4H2,1-2H3. The lowest BCUT2D eigenvalue weighted by molar-refractivity contribution is 0.402. The second-order valence-electron chi connectivity index (χ2n) is 3.57. The van der Waals surface area contributed by atoms with Gasteiger partial charge in [0.1, 0.15) is 0 Å². The Balaban J connectivity index is 2.20. The van der Waals surface area contributed by atoms with Crippen LogP contribution in [0.25, 0.3) is 10.8 Å². The van der Waals surface area contributed by atoms with Crippen molar-refractivity contribution in [2.45, 2.75) is 26.3 Å². The summed E-state index contributed by atoms with van der Waals surface area (Å²) in [5.74, 6) is 1.17. The van der Waals surface area contributed by atoms with Gasteiger partial charge in [-0.25, -0.2) is 0 Å². The number of thiophene rings is 1. The molecule has 0 fully saturated rings. The van der Waals surface area contributed by atoms with Crippen molar-refractivity contribution >= 4 is 22.9 Å². The molecule has 1 atom stereocenters. The zero-order valence-electron chi connectivity index (χ0n) is 9.74. The van der Waals surface area contributed by atoms with E-state index in [0.717, 1.165) is 22.2 Å². The number of hydrogen-bond donors (Lipinski definition) is 1. The van der Waals surface area contributed by atoms with Crippen molar-refractivity contribution in [2.24, 2.45) is 0 Å². The van der Waals surface area contributed by atoms with E-state index >= 15 is 0 Å². The third-order valence-electron chi connectivity index (χ3n) is 2.38. The minimum atomic E-state index is 0.122. The number of nitrogens with zero attached hydrogens (tertiary/aromatic N) is 2. The maximum atomic E-state index is 5.87. The Morgan fingerprint density at radius 3 is 2.82 bits per heavy atom. The molecule has 6 heteroatoms. The molecule has 4 nitrogen and oxygen atoms in total. The monoisotopic (exact) mass is 271 g/mol. The van der Waals surface area contributed by atoms with Crippen molar-refractivity contribution in [3.8, 4) is 10.8 Å². The molecule has 0 saturated heterocycles. The van der Waals surface area contributed by atoms with Crippen LogP contribution in [0.5, 0.6) is 0 Å². The predicted molar refractivity (Wildman–Crippen MR) is 69.3 cm³/mol. The molecule has 0 bridgehead atoms. The van der Waals surface area contributed by atoms with Crippen molar-refractivity contribution < 1.29 is 4.42 Å². The van der Waals surface area contributed by atoms with Crippen molar-refractivity contribution in [2.75, 3.05) is 6.54 Å². The number of nitrogens with one attached hydrogen (secondary N) is 1. The second-order valence-corrected chi connectivity index (χ2v) is 5.28. The van der Waals surface area contributed by atoms with Gasteiger partial charge in [-0.1, -0.05) is 25.4 Å². The summed E-state index contributed by atoms with van der Waals surface area (Å²) in [6.07, 6.45) is 0.917. The molecule has 0 saturated carbocycles. The Morgan fingerprint density at radius 2 is 2.24 bits per heavy atom. The molecule has 0 aliphatic rings. The summed E-state index contributed by atoms with van der Waals surface area (Å²) in [5, 5.41) is 11.4. The van der Waals surface area contributed by atoms with Gasteiger partial charge in [0, 0.05) is 0 Å². The van der Waals surface area contributed by atoms with Crippen LogP contribution < -0.4 is 5.32 Å². The summed E-state index contributed by atoms with van der Waals surface area (Å²) in [4.78, 5) is 0.903. The molecule has 2 heterocycles. The lowest BCUT2D eigenvalue weighted by Gasteiger charge is -2.09. The van der Waals surface area contributed by atoms with E-state index in [-0.39, 0.29) is 6.04 Å². The fourth-order valence-corrected chi connectivity index (χ4v) is 2.52. The summed E-state index contributed by atoms with van der Waals surface area (Å²) < 4.78 is 6.38. The van der Waals surface area contributed by atoms with Gasteiger partial charge in [-0.3, -0.25) is 0 Å². The van der Waals surface area contributed by atoms with E-state index in [0.29, 0.717) is 11.8 Å². The first-order valence-electron chi connectivity index (χ1n) is 5.57. The molecule has 0 aromatic carbocycles. The lowest BCUT2D eigenvalue weighted by atomic mass is 10.2. The topological polar surface area (TPSA) is 51.0 Å². The van der Waals surface area contributed by atoms with E-state index in [2.05, 4.69) is 29.4 Å². The Kier molecular flexibility index (Phi) is 4.15. The third-order valence-corrected chi connectivity index (χ3v) is 3.60. The van der Waals surface area contributed by atoms with E-state index in [4.69, 9.17) is 16.0 Å². The lowest BCUT2D eigenvalue weighted by Crippen LogP contribution is -2.20. The van der Waals surface area contributed by atoms with Gasteiger partial charge < -0.3 is 9.73 Å². The molecular weight excluding hydrogens is 258 g/mol. The maximum Gasteiger partial charge on any atom is 0.257 e. The molecule has 0 amide bonds. The van der Waals surface area contributed by atoms with Crippen LogP contribution in [0.4, 0.5) is 0 Å². The van der Waals surface area contributed by atoms with Crippen molar-refractivity contribution in [3.63, 3.8) is 0 Å². The first-order chi connectivity index (χ1) is 8.24. The van der Waals surface area contributed by atoms with Crippen LogP contribution in [0.15, 0.2) is 16.5 Å². The Bertz CT molecular complexity index is 483. The van der Waals surface area contributed by atoms with E-state index in [1.807, 2.05) is 12.1 Å². The molecule has 0 aliphatic heterocycles. The van der Waals surface area contributed by atoms with Crippen LogP contribution in [0.2, 0.25) is 4.34 Å². The van der Waals surface area contributed by atoms with Gasteiger partial charge in [-0.2, -0.15) is 0 Å². The largest absolute Gasteiger partial charge is 0.418 e. The number of hydrogen-bond acceptors (Lipinski definition) is 5. The molecule has 1 unspecified atom stereocenters. The molecule has 2 rings (SSSR count). The maximum absolute atomic E-state index is 5.87. The zero-order chi connectivity index (χ0) is 12.3. The van der Waals surface area contributed by atoms with Gasteiger partial charge in [-0.05, 0) is 25.1 Å².